The number of ether oxygens (including phenoxy) is 1. The van der Waals surface area contributed by atoms with Crippen molar-refractivity contribution < 1.29 is 14.3 Å². The second-order valence-electron chi connectivity index (χ2n) is 8.59. The molecule has 2 amide bonds. The van der Waals surface area contributed by atoms with Crippen LogP contribution >= 0.6 is 0 Å². The molecule has 0 spiro atoms. The molecule has 3 rings (SSSR count). The number of piperidine rings is 1. The van der Waals surface area contributed by atoms with Gasteiger partial charge in [0.15, 0.2) is 0 Å². The van der Waals surface area contributed by atoms with Crippen molar-refractivity contribution >= 4 is 11.8 Å². The van der Waals surface area contributed by atoms with E-state index in [1.807, 2.05) is 6.92 Å². The molecule has 1 saturated heterocycles. The lowest BCUT2D eigenvalue weighted by Crippen LogP contribution is -2.40. The maximum Gasteiger partial charge on any atom is 0.255 e. The smallest absolute Gasteiger partial charge is 0.255 e. The number of carbonyl (C=O) groups is 2. The molecule has 2 aromatic rings. The van der Waals surface area contributed by atoms with Gasteiger partial charge in [0, 0.05) is 45.6 Å². The Kier molecular flexibility index (Phi) is 9.84. The Hall–Kier alpha value is -2.77. The third-order valence-electron chi connectivity index (χ3n) is 6.07. The van der Waals surface area contributed by atoms with Gasteiger partial charge in [0.2, 0.25) is 5.91 Å². The maximum atomic E-state index is 12.6. The normalized spacial score (nSPS) is 14.1. The van der Waals surface area contributed by atoms with Crippen molar-refractivity contribution in [1.82, 2.24) is 19.7 Å². The number of amides is 2. The predicted molar refractivity (Wildman–Crippen MR) is 129 cm³/mol. The van der Waals surface area contributed by atoms with Gasteiger partial charge in [-0.1, -0.05) is 30.7 Å². The number of benzene rings is 1. The zero-order valence-electron chi connectivity index (χ0n) is 19.9. The number of hydrogen-bond donors (Lipinski definition) is 0. The monoisotopic (exact) mass is 452 g/mol. The van der Waals surface area contributed by atoms with Gasteiger partial charge in [-0.05, 0) is 56.1 Å². The van der Waals surface area contributed by atoms with Crippen molar-refractivity contribution in [1.29, 1.82) is 0 Å². The van der Waals surface area contributed by atoms with Gasteiger partial charge in [0.25, 0.3) is 5.91 Å². The summed E-state index contributed by atoms with van der Waals surface area (Å²) in [5, 5.41) is 0. The fourth-order valence-electron chi connectivity index (χ4n) is 4.01. The summed E-state index contributed by atoms with van der Waals surface area (Å²) < 4.78 is 5.69. The summed E-state index contributed by atoms with van der Waals surface area (Å²) in [5.74, 6) is -0.173. The van der Waals surface area contributed by atoms with Gasteiger partial charge < -0.3 is 14.5 Å². The zero-order chi connectivity index (χ0) is 23.5. The number of likely N-dealkylation sites (tertiary alicyclic amines) is 1. The van der Waals surface area contributed by atoms with Crippen molar-refractivity contribution in [2.45, 2.75) is 39.3 Å². The minimum absolute atomic E-state index is 0.0314. The van der Waals surface area contributed by atoms with Gasteiger partial charge in [-0.15, -0.1) is 0 Å². The van der Waals surface area contributed by atoms with Crippen LogP contribution < -0.4 is 0 Å². The summed E-state index contributed by atoms with van der Waals surface area (Å²) in [5.41, 5.74) is 2.92. The molecule has 33 heavy (non-hydrogen) atoms. The molecule has 0 atom stereocenters. The molecule has 2 heterocycles. The molecule has 1 aromatic carbocycles. The summed E-state index contributed by atoms with van der Waals surface area (Å²) in [4.78, 5) is 34.8. The highest BCUT2D eigenvalue weighted by Gasteiger charge is 2.16. The first kappa shape index (κ1) is 24.9. The van der Waals surface area contributed by atoms with Crippen LogP contribution in [0, 0.1) is 0 Å². The number of likely N-dealkylation sites (N-methyl/N-ethyl adjacent to an activating group) is 2. The standard InChI is InChI=1S/C26H36N4O3/c1-3-30(17-16-28(2)26(32)24-8-7-13-27-18-24)25(31)21-33-20-23-11-9-22(10-12-23)19-29-14-5-4-6-15-29/h7-13,18H,3-6,14-17,19-21H2,1-2H3. The first-order chi connectivity index (χ1) is 16.1. The minimum atomic E-state index is -0.105. The van der Waals surface area contributed by atoms with Crippen molar-refractivity contribution in [3.63, 3.8) is 0 Å². The van der Waals surface area contributed by atoms with Crippen LogP contribution in [0.25, 0.3) is 0 Å². The molecule has 1 aliphatic rings. The van der Waals surface area contributed by atoms with E-state index in [1.165, 1.54) is 37.9 Å². The highest BCUT2D eigenvalue weighted by atomic mass is 16.5. The third kappa shape index (κ3) is 7.94. The highest BCUT2D eigenvalue weighted by molar-refractivity contribution is 5.93. The van der Waals surface area contributed by atoms with Crippen LogP contribution in [0.1, 0.15) is 47.7 Å². The van der Waals surface area contributed by atoms with Crippen LogP contribution in [0.5, 0.6) is 0 Å². The Morgan fingerprint density at radius 2 is 1.76 bits per heavy atom. The average Bonchev–Trinajstić information content (AvgIpc) is 2.86. The molecular formula is C26H36N4O3. The zero-order valence-corrected chi connectivity index (χ0v) is 19.9. The molecule has 0 N–H and O–H groups in total. The number of nitrogens with zero attached hydrogens (tertiary/aromatic N) is 4. The van der Waals surface area contributed by atoms with Gasteiger partial charge in [0.1, 0.15) is 6.61 Å². The Balaban J connectivity index is 1.38. The molecule has 1 aliphatic heterocycles. The van der Waals surface area contributed by atoms with E-state index in [1.54, 1.807) is 41.4 Å². The number of hydrogen-bond acceptors (Lipinski definition) is 5. The van der Waals surface area contributed by atoms with E-state index in [0.29, 0.717) is 31.8 Å². The lowest BCUT2D eigenvalue weighted by Gasteiger charge is -2.26. The van der Waals surface area contributed by atoms with Gasteiger partial charge in [0.05, 0.1) is 12.2 Å². The molecule has 0 saturated carbocycles. The lowest BCUT2D eigenvalue weighted by molar-refractivity contribution is -0.136. The molecule has 0 bridgehead atoms. The Labute approximate surface area is 197 Å². The van der Waals surface area contributed by atoms with Crippen LogP contribution in [0.2, 0.25) is 0 Å². The van der Waals surface area contributed by atoms with E-state index in [9.17, 15) is 9.59 Å². The number of pyridine rings is 1. The second-order valence-corrected chi connectivity index (χ2v) is 8.59. The number of rotatable bonds is 11. The summed E-state index contributed by atoms with van der Waals surface area (Å²) in [6.45, 7) is 7.24. The average molecular weight is 453 g/mol. The van der Waals surface area contributed by atoms with Gasteiger partial charge in [-0.2, -0.15) is 0 Å². The van der Waals surface area contributed by atoms with Crippen LogP contribution in [-0.4, -0.2) is 77.9 Å². The minimum Gasteiger partial charge on any atom is -0.367 e. The molecule has 0 unspecified atom stereocenters. The van der Waals surface area contributed by atoms with E-state index in [0.717, 1.165) is 12.1 Å². The summed E-state index contributed by atoms with van der Waals surface area (Å²) in [6, 6.07) is 12.0. The molecule has 0 radical (unpaired) electrons. The lowest BCUT2D eigenvalue weighted by atomic mass is 10.1. The quantitative estimate of drug-likeness (QED) is 0.524. The van der Waals surface area contributed by atoms with Crippen LogP contribution in [0.15, 0.2) is 48.8 Å². The predicted octanol–water partition coefficient (Wildman–Crippen LogP) is 3.20. The van der Waals surface area contributed by atoms with Gasteiger partial charge in [-0.3, -0.25) is 19.5 Å². The van der Waals surface area contributed by atoms with Crippen LogP contribution in [-0.2, 0) is 22.7 Å². The summed E-state index contributed by atoms with van der Waals surface area (Å²) in [6.07, 6.45) is 7.13. The second kappa shape index (κ2) is 13.1. The third-order valence-corrected chi connectivity index (χ3v) is 6.07. The van der Waals surface area contributed by atoms with E-state index in [2.05, 4.69) is 34.1 Å². The number of carbonyl (C=O) groups excluding carboxylic acids is 2. The van der Waals surface area contributed by atoms with Crippen LogP contribution in [0.4, 0.5) is 0 Å². The largest absolute Gasteiger partial charge is 0.367 e. The van der Waals surface area contributed by atoms with Crippen LogP contribution in [0.3, 0.4) is 0 Å². The maximum absolute atomic E-state index is 12.6. The molecular weight excluding hydrogens is 416 g/mol. The fourth-order valence-corrected chi connectivity index (χ4v) is 4.01. The van der Waals surface area contributed by atoms with E-state index in [4.69, 9.17) is 4.74 Å². The fraction of sp³-hybridized carbons (Fsp3) is 0.500. The van der Waals surface area contributed by atoms with Crippen molar-refractivity contribution in [3.8, 4) is 0 Å². The molecule has 178 valence electrons. The Morgan fingerprint density at radius 1 is 1.03 bits per heavy atom. The first-order valence-electron chi connectivity index (χ1n) is 11.9. The SMILES string of the molecule is CCN(CCN(C)C(=O)c1cccnc1)C(=O)COCc1ccc(CN2CCCCC2)cc1. The van der Waals surface area contributed by atoms with Crippen molar-refractivity contribution in [2.24, 2.45) is 0 Å². The summed E-state index contributed by atoms with van der Waals surface area (Å²) in [7, 11) is 1.74. The van der Waals surface area contributed by atoms with E-state index in [-0.39, 0.29) is 18.4 Å². The highest BCUT2D eigenvalue weighted by Crippen LogP contribution is 2.14. The van der Waals surface area contributed by atoms with E-state index >= 15 is 0 Å². The molecule has 7 heteroatoms. The van der Waals surface area contributed by atoms with Gasteiger partial charge >= 0.3 is 0 Å². The first-order valence-corrected chi connectivity index (χ1v) is 11.9. The molecule has 7 nitrogen and oxygen atoms in total. The molecule has 1 aromatic heterocycles. The van der Waals surface area contributed by atoms with Crippen molar-refractivity contribution in [2.75, 3.05) is 46.4 Å². The topological polar surface area (TPSA) is 66.0 Å². The van der Waals surface area contributed by atoms with Gasteiger partial charge in [-0.25, -0.2) is 0 Å². The Bertz CT molecular complexity index is 867. The molecule has 1 fully saturated rings. The Morgan fingerprint density at radius 3 is 2.42 bits per heavy atom. The van der Waals surface area contributed by atoms with E-state index < -0.39 is 0 Å². The number of aromatic nitrogens is 1. The molecule has 0 aliphatic carbocycles. The summed E-state index contributed by atoms with van der Waals surface area (Å²) >= 11 is 0. The van der Waals surface area contributed by atoms with Crippen molar-refractivity contribution in [3.05, 3.63) is 65.5 Å².